The molecule has 0 bridgehead atoms. The molecule has 0 aliphatic rings. The number of nitrogen functional groups attached to an aromatic ring is 1. The summed E-state index contributed by atoms with van der Waals surface area (Å²) in [5.41, 5.74) is 5.09. The van der Waals surface area contributed by atoms with E-state index in [4.69, 9.17) is 5.73 Å². The molecular formula is C13H8F4N4. The van der Waals surface area contributed by atoms with E-state index >= 15 is 0 Å². The monoisotopic (exact) mass is 296 g/mol. The number of hydrogen-bond donors (Lipinski definition) is 2. The van der Waals surface area contributed by atoms with Crippen molar-refractivity contribution in [3.05, 3.63) is 41.7 Å². The molecular weight excluding hydrogens is 288 g/mol. The normalized spacial score (nSPS) is 12.0. The number of fused-ring (bicyclic) bond motifs is 1. The van der Waals surface area contributed by atoms with Crippen LogP contribution in [0, 0.1) is 5.82 Å². The Morgan fingerprint density at radius 2 is 1.81 bits per heavy atom. The first-order chi connectivity index (χ1) is 9.84. The molecule has 1 aromatic carbocycles. The third-order valence-corrected chi connectivity index (χ3v) is 2.91. The summed E-state index contributed by atoms with van der Waals surface area (Å²) in [6.45, 7) is 0. The summed E-state index contributed by atoms with van der Waals surface area (Å²) in [7, 11) is 0. The molecule has 0 unspecified atom stereocenters. The van der Waals surface area contributed by atoms with Gasteiger partial charge in [0.2, 0.25) is 0 Å². The number of benzene rings is 1. The number of hydrogen-bond acceptors (Lipinski definition) is 3. The molecule has 108 valence electrons. The van der Waals surface area contributed by atoms with E-state index in [1.54, 1.807) is 6.07 Å². The van der Waals surface area contributed by atoms with Crippen molar-refractivity contribution < 1.29 is 17.6 Å². The molecule has 0 amide bonds. The quantitative estimate of drug-likeness (QED) is 0.677. The van der Waals surface area contributed by atoms with Gasteiger partial charge in [0.15, 0.2) is 5.65 Å². The molecule has 8 heteroatoms. The minimum Gasteiger partial charge on any atom is -0.384 e. The third kappa shape index (κ3) is 2.39. The van der Waals surface area contributed by atoms with Crippen LogP contribution in [0.2, 0.25) is 0 Å². The second-order valence-corrected chi connectivity index (χ2v) is 4.39. The van der Waals surface area contributed by atoms with Crippen LogP contribution >= 0.6 is 0 Å². The number of rotatable bonds is 1. The smallest absolute Gasteiger partial charge is 0.384 e. The zero-order valence-corrected chi connectivity index (χ0v) is 10.4. The Labute approximate surface area is 115 Å². The average molecular weight is 296 g/mol. The van der Waals surface area contributed by atoms with Gasteiger partial charge in [0.1, 0.15) is 17.5 Å². The minimum absolute atomic E-state index is 0.111. The van der Waals surface area contributed by atoms with Crippen LogP contribution in [-0.4, -0.2) is 15.0 Å². The second kappa shape index (κ2) is 4.44. The van der Waals surface area contributed by atoms with Gasteiger partial charge in [0.25, 0.3) is 0 Å². The van der Waals surface area contributed by atoms with Crippen molar-refractivity contribution in [2.75, 3.05) is 5.73 Å². The number of alkyl halides is 3. The van der Waals surface area contributed by atoms with E-state index in [0.29, 0.717) is 11.6 Å². The Bertz CT molecular complexity index is 823. The molecule has 0 atom stereocenters. The van der Waals surface area contributed by atoms with Crippen LogP contribution in [-0.2, 0) is 6.18 Å². The lowest BCUT2D eigenvalue weighted by Crippen LogP contribution is -2.08. The van der Waals surface area contributed by atoms with Crippen molar-refractivity contribution in [2.45, 2.75) is 6.18 Å². The van der Waals surface area contributed by atoms with E-state index in [-0.39, 0.29) is 22.9 Å². The van der Waals surface area contributed by atoms with E-state index in [0.717, 1.165) is 6.07 Å². The van der Waals surface area contributed by atoms with Crippen molar-refractivity contribution in [1.29, 1.82) is 0 Å². The summed E-state index contributed by atoms with van der Waals surface area (Å²) in [6, 6.07) is 5.83. The molecule has 0 spiro atoms. The Hall–Kier alpha value is -2.64. The highest BCUT2D eigenvalue weighted by Crippen LogP contribution is 2.34. The lowest BCUT2D eigenvalue weighted by molar-refractivity contribution is -0.139. The van der Waals surface area contributed by atoms with Crippen molar-refractivity contribution in [3.63, 3.8) is 0 Å². The lowest BCUT2D eigenvalue weighted by Gasteiger charge is -2.08. The van der Waals surface area contributed by atoms with Gasteiger partial charge in [-0.1, -0.05) is 0 Å². The number of aromatic nitrogens is 3. The number of nitrogens with zero attached hydrogens (tertiary/aromatic N) is 2. The first-order valence-electron chi connectivity index (χ1n) is 5.84. The van der Waals surface area contributed by atoms with E-state index < -0.39 is 17.6 Å². The maximum atomic E-state index is 13.3. The fourth-order valence-corrected chi connectivity index (χ4v) is 1.93. The Kier molecular flexibility index (Phi) is 2.82. The lowest BCUT2D eigenvalue weighted by atomic mass is 10.1. The first kappa shape index (κ1) is 13.3. The number of aromatic amines is 1. The number of anilines is 1. The van der Waals surface area contributed by atoms with Gasteiger partial charge < -0.3 is 10.7 Å². The maximum absolute atomic E-state index is 13.3. The summed E-state index contributed by atoms with van der Waals surface area (Å²) in [6.07, 6.45) is -4.77. The summed E-state index contributed by atoms with van der Waals surface area (Å²) in [5.74, 6) is -0.922. The molecule has 0 saturated heterocycles. The minimum atomic E-state index is -4.77. The average Bonchev–Trinajstić information content (AvgIpc) is 2.80. The van der Waals surface area contributed by atoms with Crippen LogP contribution in [0.5, 0.6) is 0 Å². The third-order valence-electron chi connectivity index (χ3n) is 2.91. The van der Waals surface area contributed by atoms with Gasteiger partial charge >= 0.3 is 6.18 Å². The van der Waals surface area contributed by atoms with Crippen LogP contribution in [0.3, 0.4) is 0 Å². The predicted octanol–water partition coefficient (Wildman–Crippen LogP) is 3.37. The van der Waals surface area contributed by atoms with Gasteiger partial charge in [-0.2, -0.15) is 13.2 Å². The summed E-state index contributed by atoms with van der Waals surface area (Å²) in [4.78, 5) is 10.8. The molecule has 21 heavy (non-hydrogen) atoms. The SMILES string of the molecule is Nc1ccc2[nH]c(-c3ccc(F)c(C(F)(F)F)c3)nc2n1. The molecule has 0 aliphatic carbocycles. The number of H-pyrrole nitrogens is 1. The molecule has 2 heterocycles. The number of halogens is 4. The summed E-state index contributed by atoms with van der Waals surface area (Å²) < 4.78 is 51.4. The fourth-order valence-electron chi connectivity index (χ4n) is 1.93. The number of nitrogens with one attached hydrogen (secondary N) is 1. The highest BCUT2D eigenvalue weighted by molar-refractivity contribution is 5.77. The molecule has 0 fully saturated rings. The number of imidazole rings is 1. The predicted molar refractivity (Wildman–Crippen MR) is 68.7 cm³/mol. The van der Waals surface area contributed by atoms with E-state index in [1.807, 2.05) is 0 Å². The van der Waals surface area contributed by atoms with E-state index in [9.17, 15) is 17.6 Å². The Morgan fingerprint density at radius 1 is 1.05 bits per heavy atom. The van der Waals surface area contributed by atoms with E-state index in [2.05, 4.69) is 15.0 Å². The standard InChI is InChI=1S/C13H8F4N4/c14-8-2-1-6(5-7(8)13(15,16)17)11-19-9-3-4-10(18)20-12(9)21-11/h1-5H,(H3,18,19,20,21). The maximum Gasteiger partial charge on any atom is 0.419 e. The van der Waals surface area contributed by atoms with Gasteiger partial charge in [-0.05, 0) is 30.3 Å². The molecule has 3 aromatic rings. The van der Waals surface area contributed by atoms with Gasteiger partial charge in [-0.25, -0.2) is 14.4 Å². The van der Waals surface area contributed by atoms with Gasteiger partial charge in [-0.15, -0.1) is 0 Å². The molecule has 0 radical (unpaired) electrons. The molecule has 3 N–H and O–H groups in total. The van der Waals surface area contributed by atoms with Crippen molar-refractivity contribution in [3.8, 4) is 11.4 Å². The van der Waals surface area contributed by atoms with Gasteiger partial charge in [-0.3, -0.25) is 0 Å². The second-order valence-electron chi connectivity index (χ2n) is 4.39. The van der Waals surface area contributed by atoms with Crippen LogP contribution < -0.4 is 5.73 Å². The number of pyridine rings is 1. The summed E-state index contributed by atoms with van der Waals surface area (Å²) >= 11 is 0. The molecule has 0 saturated carbocycles. The van der Waals surface area contributed by atoms with Crippen molar-refractivity contribution >= 4 is 17.0 Å². The highest BCUT2D eigenvalue weighted by atomic mass is 19.4. The first-order valence-corrected chi connectivity index (χ1v) is 5.84. The molecule has 4 nitrogen and oxygen atoms in total. The van der Waals surface area contributed by atoms with Crippen LogP contribution in [0.1, 0.15) is 5.56 Å². The van der Waals surface area contributed by atoms with Gasteiger partial charge in [0, 0.05) is 5.56 Å². The Balaban J connectivity index is 2.14. The summed E-state index contributed by atoms with van der Waals surface area (Å²) in [5, 5.41) is 0. The van der Waals surface area contributed by atoms with Crippen molar-refractivity contribution in [1.82, 2.24) is 15.0 Å². The van der Waals surface area contributed by atoms with Crippen LogP contribution in [0.4, 0.5) is 23.4 Å². The van der Waals surface area contributed by atoms with E-state index in [1.165, 1.54) is 12.1 Å². The largest absolute Gasteiger partial charge is 0.419 e. The fraction of sp³-hybridized carbons (Fsp3) is 0.0769. The molecule has 0 aliphatic heterocycles. The number of nitrogens with two attached hydrogens (primary N) is 1. The molecule has 3 rings (SSSR count). The van der Waals surface area contributed by atoms with Crippen LogP contribution in [0.15, 0.2) is 30.3 Å². The zero-order chi connectivity index (χ0) is 15.2. The highest BCUT2D eigenvalue weighted by Gasteiger charge is 2.34. The Morgan fingerprint density at radius 3 is 2.52 bits per heavy atom. The zero-order valence-electron chi connectivity index (χ0n) is 10.4. The molecule has 2 aromatic heterocycles. The van der Waals surface area contributed by atoms with Crippen molar-refractivity contribution in [2.24, 2.45) is 0 Å². The van der Waals surface area contributed by atoms with Gasteiger partial charge in [0.05, 0.1) is 11.1 Å². The van der Waals surface area contributed by atoms with Crippen LogP contribution in [0.25, 0.3) is 22.6 Å². The topological polar surface area (TPSA) is 67.6 Å².